The van der Waals surface area contributed by atoms with Crippen LogP contribution in [0.1, 0.15) is 16.2 Å². The molecule has 1 N–H and O–H groups in total. The van der Waals surface area contributed by atoms with Crippen molar-refractivity contribution in [3.8, 4) is 11.4 Å². The van der Waals surface area contributed by atoms with Gasteiger partial charge in [0.1, 0.15) is 10.0 Å². The number of hydrogen-bond donors (Lipinski definition) is 1. The molecule has 1 aromatic carbocycles. The quantitative estimate of drug-likeness (QED) is 0.607. The third-order valence-electron chi connectivity index (χ3n) is 4.39. The second kappa shape index (κ2) is 8.60. The lowest BCUT2D eigenvalue weighted by Crippen LogP contribution is -2.40. The Balaban J connectivity index is 1.45. The van der Waals surface area contributed by atoms with E-state index in [4.69, 9.17) is 9.26 Å². The van der Waals surface area contributed by atoms with Gasteiger partial charge in [0, 0.05) is 30.6 Å². The van der Waals surface area contributed by atoms with Crippen molar-refractivity contribution in [2.45, 2.75) is 10.8 Å². The average Bonchev–Trinajstić information content (AvgIpc) is 3.44. The van der Waals surface area contributed by atoms with Gasteiger partial charge < -0.3 is 14.2 Å². The SMILES string of the molecule is O=C(c1nc(-c2csc(S(=O)(=O)NCc3ccc(F)cc3)c2)no1)N1CCOCC1. The number of nitrogens with one attached hydrogen (secondary N) is 1. The zero-order chi connectivity index (χ0) is 21.1. The van der Waals surface area contributed by atoms with Gasteiger partial charge in [-0.2, -0.15) is 4.98 Å². The fourth-order valence-electron chi connectivity index (χ4n) is 2.76. The van der Waals surface area contributed by atoms with Gasteiger partial charge in [0.25, 0.3) is 0 Å². The zero-order valence-corrected chi connectivity index (χ0v) is 17.2. The first kappa shape index (κ1) is 20.6. The Morgan fingerprint density at radius 2 is 1.97 bits per heavy atom. The summed E-state index contributed by atoms with van der Waals surface area (Å²) in [4.78, 5) is 18.1. The minimum Gasteiger partial charge on any atom is -0.378 e. The Bertz CT molecular complexity index is 1140. The van der Waals surface area contributed by atoms with Crippen molar-refractivity contribution in [2.75, 3.05) is 26.3 Å². The fourth-order valence-corrected chi connectivity index (χ4v) is 4.98. The van der Waals surface area contributed by atoms with Crippen LogP contribution in [0, 0.1) is 5.82 Å². The Labute approximate surface area is 175 Å². The molecular formula is C18H17FN4O5S2. The van der Waals surface area contributed by atoms with Gasteiger partial charge in [0.2, 0.25) is 15.8 Å². The highest BCUT2D eigenvalue weighted by molar-refractivity contribution is 7.91. The molecule has 2 aromatic heterocycles. The highest BCUT2D eigenvalue weighted by Gasteiger charge is 2.25. The van der Waals surface area contributed by atoms with Gasteiger partial charge in [-0.05, 0) is 23.8 Å². The molecule has 12 heteroatoms. The van der Waals surface area contributed by atoms with Crippen LogP contribution in [0.5, 0.6) is 0 Å². The summed E-state index contributed by atoms with van der Waals surface area (Å²) in [5.74, 6) is -0.808. The molecule has 0 unspecified atom stereocenters. The molecule has 30 heavy (non-hydrogen) atoms. The van der Waals surface area contributed by atoms with Gasteiger partial charge in [-0.3, -0.25) is 4.79 Å². The Morgan fingerprint density at radius 3 is 2.70 bits per heavy atom. The summed E-state index contributed by atoms with van der Waals surface area (Å²) in [6.45, 7) is 1.80. The molecule has 0 spiro atoms. The number of aromatic nitrogens is 2. The number of halogens is 1. The highest BCUT2D eigenvalue weighted by atomic mass is 32.2. The highest BCUT2D eigenvalue weighted by Crippen LogP contribution is 2.27. The summed E-state index contributed by atoms with van der Waals surface area (Å²) >= 11 is 0.991. The molecular weight excluding hydrogens is 435 g/mol. The molecule has 9 nitrogen and oxygen atoms in total. The lowest BCUT2D eigenvalue weighted by molar-refractivity contribution is 0.0272. The molecule has 0 atom stereocenters. The second-order valence-corrected chi connectivity index (χ2v) is 9.34. The van der Waals surface area contributed by atoms with Crippen LogP contribution in [-0.4, -0.2) is 55.7 Å². The number of benzene rings is 1. The molecule has 1 saturated heterocycles. The molecule has 3 aromatic rings. The maximum atomic E-state index is 13.0. The monoisotopic (exact) mass is 452 g/mol. The predicted octanol–water partition coefficient (Wildman–Crippen LogP) is 1.89. The van der Waals surface area contributed by atoms with Gasteiger partial charge in [0.05, 0.1) is 13.2 Å². The van der Waals surface area contributed by atoms with Crippen LogP contribution in [-0.2, 0) is 21.3 Å². The van der Waals surface area contributed by atoms with E-state index in [0.29, 0.717) is 37.4 Å². The van der Waals surface area contributed by atoms with Crippen molar-refractivity contribution < 1.29 is 26.9 Å². The summed E-state index contributed by atoms with van der Waals surface area (Å²) in [7, 11) is -3.78. The molecule has 1 aliphatic heterocycles. The maximum Gasteiger partial charge on any atom is 0.316 e. The first-order valence-electron chi connectivity index (χ1n) is 8.96. The number of amides is 1. The lowest BCUT2D eigenvalue weighted by Gasteiger charge is -2.25. The number of nitrogens with zero attached hydrogens (tertiary/aromatic N) is 3. The third kappa shape index (κ3) is 4.56. The number of carbonyl (C=O) groups is 1. The molecule has 1 fully saturated rings. The van der Waals surface area contributed by atoms with E-state index in [0.717, 1.165) is 11.3 Å². The Kier molecular flexibility index (Phi) is 5.90. The molecule has 158 valence electrons. The van der Waals surface area contributed by atoms with E-state index in [9.17, 15) is 17.6 Å². The number of sulfonamides is 1. The van der Waals surface area contributed by atoms with E-state index in [1.54, 1.807) is 10.3 Å². The minimum atomic E-state index is -3.78. The topological polar surface area (TPSA) is 115 Å². The Morgan fingerprint density at radius 1 is 1.23 bits per heavy atom. The Hall–Kier alpha value is -2.67. The number of carbonyl (C=O) groups excluding carboxylic acids is 1. The van der Waals surface area contributed by atoms with E-state index < -0.39 is 15.8 Å². The van der Waals surface area contributed by atoms with Crippen molar-refractivity contribution in [2.24, 2.45) is 0 Å². The van der Waals surface area contributed by atoms with Crippen LogP contribution in [0.2, 0.25) is 0 Å². The number of thiophene rings is 1. The smallest absolute Gasteiger partial charge is 0.316 e. The lowest BCUT2D eigenvalue weighted by atomic mass is 10.2. The van der Waals surface area contributed by atoms with Crippen LogP contribution in [0.3, 0.4) is 0 Å². The normalized spacial score (nSPS) is 14.8. The number of rotatable bonds is 6. The largest absolute Gasteiger partial charge is 0.378 e. The molecule has 1 aliphatic rings. The van der Waals surface area contributed by atoms with Gasteiger partial charge in [0.15, 0.2) is 0 Å². The van der Waals surface area contributed by atoms with E-state index >= 15 is 0 Å². The molecule has 3 heterocycles. The van der Waals surface area contributed by atoms with Crippen molar-refractivity contribution >= 4 is 27.3 Å². The predicted molar refractivity (Wildman–Crippen MR) is 105 cm³/mol. The van der Waals surface area contributed by atoms with Crippen LogP contribution < -0.4 is 4.72 Å². The van der Waals surface area contributed by atoms with Gasteiger partial charge in [-0.1, -0.05) is 17.3 Å². The van der Waals surface area contributed by atoms with Crippen LogP contribution >= 0.6 is 11.3 Å². The third-order valence-corrected chi connectivity index (χ3v) is 7.23. The first-order chi connectivity index (χ1) is 14.4. The van der Waals surface area contributed by atoms with Crippen LogP contribution in [0.15, 0.2) is 44.4 Å². The van der Waals surface area contributed by atoms with Crippen LogP contribution in [0.4, 0.5) is 4.39 Å². The summed E-state index contributed by atoms with van der Waals surface area (Å²) in [6.07, 6.45) is 0. The van der Waals surface area contributed by atoms with Crippen molar-refractivity contribution in [1.29, 1.82) is 0 Å². The molecule has 1 amide bonds. The zero-order valence-electron chi connectivity index (χ0n) is 15.6. The first-order valence-corrected chi connectivity index (χ1v) is 11.3. The molecule has 0 saturated carbocycles. The molecule has 4 rings (SSSR count). The number of hydrogen-bond acceptors (Lipinski definition) is 8. The standard InChI is InChI=1S/C18H17FN4O5S2/c19-14-3-1-12(2-4-14)10-20-30(25,26)15-9-13(11-29-15)16-21-17(28-22-16)18(24)23-5-7-27-8-6-23/h1-4,9,11,20H,5-8,10H2. The van der Waals surface area contributed by atoms with E-state index in [1.165, 1.54) is 30.3 Å². The number of morpholine rings is 1. The van der Waals surface area contributed by atoms with Crippen molar-refractivity contribution in [1.82, 2.24) is 19.8 Å². The van der Waals surface area contributed by atoms with Crippen molar-refractivity contribution in [3.63, 3.8) is 0 Å². The summed E-state index contributed by atoms with van der Waals surface area (Å²) in [5.41, 5.74) is 1.05. The van der Waals surface area contributed by atoms with E-state index in [-0.39, 0.29) is 28.4 Å². The summed E-state index contributed by atoms with van der Waals surface area (Å²) in [6, 6.07) is 6.94. The van der Waals surface area contributed by atoms with Crippen molar-refractivity contribution in [3.05, 3.63) is 53.0 Å². The van der Waals surface area contributed by atoms with E-state index in [2.05, 4.69) is 14.9 Å². The number of ether oxygens (including phenoxy) is 1. The summed E-state index contributed by atoms with van der Waals surface area (Å²) in [5, 5.41) is 5.36. The maximum absolute atomic E-state index is 13.0. The van der Waals surface area contributed by atoms with Gasteiger partial charge in [-0.25, -0.2) is 17.5 Å². The fraction of sp³-hybridized carbons (Fsp3) is 0.278. The van der Waals surface area contributed by atoms with Crippen LogP contribution in [0.25, 0.3) is 11.4 Å². The minimum absolute atomic E-state index is 0.0241. The second-order valence-electron chi connectivity index (χ2n) is 6.43. The molecule has 0 bridgehead atoms. The summed E-state index contributed by atoms with van der Waals surface area (Å²) < 4.78 is 50.8. The van der Waals surface area contributed by atoms with E-state index in [1.807, 2.05) is 0 Å². The van der Waals surface area contributed by atoms with Gasteiger partial charge >= 0.3 is 11.8 Å². The molecule has 0 aliphatic carbocycles. The van der Waals surface area contributed by atoms with Gasteiger partial charge in [-0.15, -0.1) is 11.3 Å². The molecule has 0 radical (unpaired) electrons. The average molecular weight is 452 g/mol.